The lowest BCUT2D eigenvalue weighted by Gasteiger charge is -2.36. The Kier molecular flexibility index (Phi) is 5.18. The number of hydrogen-bond donors (Lipinski definition) is 4. The second kappa shape index (κ2) is 8.47. The van der Waals surface area contributed by atoms with Gasteiger partial charge in [0.2, 0.25) is 5.91 Å². The standard InChI is InChI=1S/C24H26FN5O3/c1-24(12-33-13-24)22(32)29-17-4-2-3-16(11-17)28-20-18(14-5-6-14)9-15(10-19(20)25)21(31)30-23-26-7-8-27-23/h2-4,9-11,14,28H,5-8,12-13H2,1H3,(H,29,32)(H2,26,27,30,31)/i/hD. The number of nitrogens with one attached hydrogen (secondary N) is 4. The molecule has 33 heavy (non-hydrogen) atoms. The summed E-state index contributed by atoms with van der Waals surface area (Å²) >= 11 is 0. The molecule has 0 spiro atoms. The Balaban J connectivity index is 1.36. The highest BCUT2D eigenvalue weighted by Gasteiger charge is 2.41. The van der Waals surface area contributed by atoms with E-state index in [4.69, 9.17) is 6.15 Å². The quantitative estimate of drug-likeness (QED) is 0.539. The van der Waals surface area contributed by atoms with Gasteiger partial charge in [0.15, 0.2) is 7.37 Å². The van der Waals surface area contributed by atoms with Crippen LogP contribution in [0.4, 0.5) is 21.5 Å². The van der Waals surface area contributed by atoms with Crippen LogP contribution in [0.2, 0.25) is 1.41 Å². The molecule has 2 aromatic carbocycles. The number of benzene rings is 2. The van der Waals surface area contributed by atoms with Gasteiger partial charge >= 0.3 is 0 Å². The summed E-state index contributed by atoms with van der Waals surface area (Å²) in [6, 6.07) is 9.99. The lowest BCUT2D eigenvalue weighted by atomic mass is 9.87. The van der Waals surface area contributed by atoms with E-state index in [9.17, 15) is 9.59 Å². The van der Waals surface area contributed by atoms with E-state index in [0.29, 0.717) is 43.4 Å². The Bertz CT molecular complexity index is 1180. The van der Waals surface area contributed by atoms with Gasteiger partial charge < -0.3 is 20.7 Å². The van der Waals surface area contributed by atoms with E-state index in [1.807, 2.05) is 6.92 Å². The first kappa shape index (κ1) is 20.2. The maximum atomic E-state index is 15.3. The molecule has 172 valence electrons. The summed E-state index contributed by atoms with van der Waals surface area (Å²) in [5.74, 6) is -0.818. The average Bonchev–Trinajstić information content (AvgIpc) is 3.56. The summed E-state index contributed by atoms with van der Waals surface area (Å²) in [5, 5.41) is 9.74. The van der Waals surface area contributed by atoms with Gasteiger partial charge in [0.25, 0.3) is 5.91 Å². The van der Waals surface area contributed by atoms with Gasteiger partial charge in [0.05, 0.1) is 30.9 Å². The number of anilines is 3. The summed E-state index contributed by atoms with van der Waals surface area (Å²) in [4.78, 5) is 29.3. The average molecular weight is 453 g/mol. The number of hydrogen-bond acceptors (Lipinski definition) is 6. The molecule has 2 heterocycles. The van der Waals surface area contributed by atoms with E-state index in [1.54, 1.807) is 30.3 Å². The third kappa shape index (κ3) is 4.54. The van der Waals surface area contributed by atoms with Crippen LogP contribution in [0.1, 0.15) is 41.6 Å². The highest BCUT2D eigenvalue weighted by molar-refractivity contribution is 6.06. The van der Waals surface area contributed by atoms with Gasteiger partial charge in [-0.3, -0.25) is 19.9 Å². The number of guanidine groups is 1. The fourth-order valence-electron chi connectivity index (χ4n) is 3.86. The predicted molar refractivity (Wildman–Crippen MR) is 123 cm³/mol. The maximum absolute atomic E-state index is 15.3. The molecule has 2 amide bonds. The van der Waals surface area contributed by atoms with Crippen LogP contribution in [-0.2, 0) is 9.53 Å². The summed E-state index contributed by atoms with van der Waals surface area (Å²) in [5.41, 5.74) is 1.93. The number of rotatable bonds is 6. The number of amides is 2. The van der Waals surface area contributed by atoms with Crippen molar-refractivity contribution in [2.24, 2.45) is 10.4 Å². The first-order chi connectivity index (χ1) is 16.3. The van der Waals surface area contributed by atoms with Crippen molar-refractivity contribution in [1.29, 1.82) is 0 Å². The van der Waals surface area contributed by atoms with E-state index < -0.39 is 17.1 Å². The Labute approximate surface area is 192 Å². The molecule has 1 saturated heterocycles. The van der Waals surface area contributed by atoms with Crippen LogP contribution in [0.3, 0.4) is 0 Å². The van der Waals surface area contributed by atoms with E-state index in [2.05, 4.69) is 20.9 Å². The van der Waals surface area contributed by atoms with Crippen molar-refractivity contribution >= 4 is 34.8 Å². The first-order valence-electron chi connectivity index (χ1n) is 11.5. The minimum Gasteiger partial charge on any atom is -0.379 e. The molecule has 1 aliphatic carbocycles. The van der Waals surface area contributed by atoms with Crippen LogP contribution in [0.15, 0.2) is 41.4 Å². The summed E-state index contributed by atoms with van der Waals surface area (Å²) in [6.07, 6.45) is 1.84. The summed E-state index contributed by atoms with van der Waals surface area (Å²) < 4.78 is 28.2. The Hall–Kier alpha value is -3.46. The molecule has 5 rings (SSSR count). The fourth-order valence-corrected chi connectivity index (χ4v) is 3.86. The Morgan fingerprint density at radius 3 is 2.67 bits per heavy atom. The molecule has 0 atom stereocenters. The minimum atomic E-state index is -0.542. The Morgan fingerprint density at radius 2 is 2.00 bits per heavy atom. The Morgan fingerprint density at radius 1 is 1.21 bits per heavy atom. The van der Waals surface area contributed by atoms with Gasteiger partial charge in [0, 0.05) is 23.5 Å². The van der Waals surface area contributed by atoms with Gasteiger partial charge in [-0.1, -0.05) is 6.07 Å². The molecular weight excluding hydrogens is 425 g/mol. The molecule has 0 bridgehead atoms. The second-order valence-electron chi connectivity index (χ2n) is 8.95. The molecular formula is C24H26FN5O3. The normalized spacial score (nSPS) is 19.3. The number of carbonyl (C=O) groups is 2. The highest BCUT2D eigenvalue weighted by Crippen LogP contribution is 2.45. The molecule has 2 fully saturated rings. The number of aliphatic imine (C=N–C) groups is 1. The van der Waals surface area contributed by atoms with Crippen molar-refractivity contribution in [2.75, 3.05) is 36.9 Å². The zero-order chi connectivity index (χ0) is 23.9. The number of ether oxygens (including phenoxy) is 1. The molecule has 0 unspecified atom stereocenters. The smallest absolute Gasteiger partial charge is 0.258 e. The van der Waals surface area contributed by atoms with E-state index >= 15 is 4.39 Å². The molecule has 8 nitrogen and oxygen atoms in total. The SMILES string of the molecule is [2H]N1CCN=C1NC(=O)c1cc(F)c(Nc2cccc(NC(=O)C3(C)COC3)c2)c(C2CC2)c1. The van der Waals surface area contributed by atoms with Crippen LogP contribution in [0, 0.1) is 11.2 Å². The highest BCUT2D eigenvalue weighted by atomic mass is 19.1. The van der Waals surface area contributed by atoms with Gasteiger partial charge in [0.1, 0.15) is 5.82 Å². The van der Waals surface area contributed by atoms with E-state index in [-0.39, 0.29) is 23.3 Å². The van der Waals surface area contributed by atoms with Gasteiger partial charge in [-0.15, -0.1) is 0 Å². The molecule has 0 aromatic heterocycles. The van der Waals surface area contributed by atoms with Crippen molar-refractivity contribution in [3.63, 3.8) is 0 Å². The van der Waals surface area contributed by atoms with Crippen LogP contribution >= 0.6 is 0 Å². The predicted octanol–water partition coefficient (Wildman–Crippen LogP) is 3.11. The summed E-state index contributed by atoms with van der Waals surface area (Å²) in [6.45, 7) is 3.48. The lowest BCUT2D eigenvalue weighted by molar-refractivity contribution is -0.151. The second-order valence-corrected chi connectivity index (χ2v) is 8.95. The third-order valence-corrected chi connectivity index (χ3v) is 6.03. The molecule has 9 heteroatoms. The molecule has 4 N–H and O–H groups in total. The molecule has 0 radical (unpaired) electrons. The molecule has 2 aliphatic heterocycles. The van der Waals surface area contributed by atoms with Crippen LogP contribution in [0.5, 0.6) is 0 Å². The lowest BCUT2D eigenvalue weighted by Crippen LogP contribution is -2.49. The van der Waals surface area contributed by atoms with Crippen LogP contribution in [-0.4, -0.2) is 44.1 Å². The van der Waals surface area contributed by atoms with E-state index in [1.165, 1.54) is 6.07 Å². The van der Waals surface area contributed by atoms with Gasteiger partial charge in [-0.05, 0) is 61.6 Å². The van der Waals surface area contributed by atoms with Crippen molar-refractivity contribution in [1.82, 2.24) is 10.6 Å². The monoisotopic (exact) mass is 452 g/mol. The van der Waals surface area contributed by atoms with Crippen molar-refractivity contribution in [3.05, 3.63) is 53.3 Å². The zero-order valence-electron chi connectivity index (χ0n) is 19.3. The van der Waals surface area contributed by atoms with Crippen molar-refractivity contribution in [3.8, 4) is 0 Å². The van der Waals surface area contributed by atoms with Gasteiger partial charge in [-0.25, -0.2) is 4.39 Å². The van der Waals surface area contributed by atoms with E-state index in [0.717, 1.165) is 23.7 Å². The topological polar surface area (TPSA) is 104 Å². The van der Waals surface area contributed by atoms with Crippen LogP contribution < -0.4 is 21.3 Å². The molecule has 1 saturated carbocycles. The largest absolute Gasteiger partial charge is 0.379 e. The summed E-state index contributed by atoms with van der Waals surface area (Å²) in [7, 11) is 0. The van der Waals surface area contributed by atoms with Crippen molar-refractivity contribution in [2.45, 2.75) is 25.7 Å². The maximum Gasteiger partial charge on any atom is 0.258 e. The first-order valence-corrected chi connectivity index (χ1v) is 11.0. The minimum absolute atomic E-state index is 0.116. The van der Waals surface area contributed by atoms with Gasteiger partial charge in [-0.2, -0.15) is 0 Å². The molecule has 3 aliphatic rings. The zero-order valence-corrected chi connectivity index (χ0v) is 18.3. The number of halogens is 1. The molecule has 2 aromatic rings. The third-order valence-electron chi connectivity index (χ3n) is 6.03. The van der Waals surface area contributed by atoms with Crippen LogP contribution in [0.25, 0.3) is 0 Å². The fraction of sp³-hybridized carbons (Fsp3) is 0.375. The number of nitrogens with zero attached hydrogens (tertiary/aromatic N) is 1. The van der Waals surface area contributed by atoms with Crippen molar-refractivity contribution < 1.29 is 20.1 Å². The number of carbonyl (C=O) groups excluding carboxylic acids is 2.